The highest BCUT2D eigenvalue weighted by molar-refractivity contribution is 6.30. The molecule has 0 saturated carbocycles. The number of fused-ring (bicyclic) bond motifs is 2. The van der Waals surface area contributed by atoms with E-state index in [1.165, 1.54) is 21.6 Å². The number of piperazine rings is 1. The summed E-state index contributed by atoms with van der Waals surface area (Å²) in [6, 6.07) is 16.8. The standard InChI is InChI=1S/C20H20ClN3O.C8H10.C5H10N2O2/c1-24-12-22-11-19(24)20(25-2)17-8-14-4-3-7-23-18(14)9-13-5-6-15(21)10-16(13)17;1-2-8-6-4-3-5-7-8;8-5(9)7-3-1-6-2-4-7/h3-8,10-12,18,20,23H,9H2,1-2H3;3-7H,2H2,1H3;6H,1-4H2,(H,8,9). The van der Waals surface area contributed by atoms with Gasteiger partial charge in [-0.05, 0) is 65.1 Å². The molecule has 0 spiro atoms. The van der Waals surface area contributed by atoms with Gasteiger partial charge >= 0.3 is 6.09 Å². The van der Waals surface area contributed by atoms with Crippen LogP contribution >= 0.6 is 11.6 Å². The van der Waals surface area contributed by atoms with Crippen LogP contribution in [0, 0.1) is 0 Å². The number of hydrogen-bond acceptors (Lipinski definition) is 5. The van der Waals surface area contributed by atoms with Crippen LogP contribution in [0.25, 0.3) is 5.57 Å². The number of ether oxygens (including phenoxy) is 1. The number of allylic oxidation sites excluding steroid dienone is 2. The fourth-order valence-electron chi connectivity index (χ4n) is 5.16. The van der Waals surface area contributed by atoms with E-state index in [1.54, 1.807) is 13.4 Å². The van der Waals surface area contributed by atoms with Crippen LogP contribution in [0.5, 0.6) is 0 Å². The van der Waals surface area contributed by atoms with Crippen LogP contribution in [0.4, 0.5) is 4.79 Å². The summed E-state index contributed by atoms with van der Waals surface area (Å²) in [6.07, 6.45) is 13.1. The first-order valence-corrected chi connectivity index (χ1v) is 14.6. The van der Waals surface area contributed by atoms with Crippen LogP contribution in [0.2, 0.25) is 5.02 Å². The predicted molar refractivity (Wildman–Crippen MR) is 169 cm³/mol. The molecule has 9 heteroatoms. The molecule has 8 nitrogen and oxygen atoms in total. The third-order valence-electron chi connectivity index (χ3n) is 7.49. The number of hydrogen-bond donors (Lipinski definition) is 3. The second kappa shape index (κ2) is 15.4. The number of nitrogens with zero attached hydrogens (tertiary/aromatic N) is 3. The second-order valence-electron chi connectivity index (χ2n) is 10.3. The van der Waals surface area contributed by atoms with Gasteiger partial charge in [0.25, 0.3) is 0 Å². The second-order valence-corrected chi connectivity index (χ2v) is 10.7. The lowest BCUT2D eigenvalue weighted by atomic mass is 9.94. The number of imidazole rings is 1. The largest absolute Gasteiger partial charge is 0.465 e. The minimum atomic E-state index is -0.809. The van der Waals surface area contributed by atoms with Gasteiger partial charge in [-0.25, -0.2) is 9.78 Å². The lowest BCUT2D eigenvalue weighted by Gasteiger charge is -2.23. The Morgan fingerprint density at radius 2 is 1.95 bits per heavy atom. The number of benzene rings is 2. The van der Waals surface area contributed by atoms with Gasteiger partial charge in [-0.3, -0.25) is 0 Å². The molecule has 2 atom stereocenters. The molecule has 1 fully saturated rings. The third-order valence-corrected chi connectivity index (χ3v) is 7.73. The first kappa shape index (κ1) is 31.1. The van der Waals surface area contributed by atoms with Crippen LogP contribution < -0.4 is 10.6 Å². The zero-order valence-corrected chi connectivity index (χ0v) is 25.2. The van der Waals surface area contributed by atoms with Gasteiger partial charge in [0.15, 0.2) is 0 Å². The third kappa shape index (κ3) is 8.12. The van der Waals surface area contributed by atoms with Crippen LogP contribution in [0.1, 0.15) is 35.4 Å². The van der Waals surface area contributed by atoms with Gasteiger partial charge in [0.1, 0.15) is 6.10 Å². The van der Waals surface area contributed by atoms with Crippen molar-refractivity contribution in [2.24, 2.45) is 7.05 Å². The van der Waals surface area contributed by atoms with Gasteiger partial charge in [-0.1, -0.05) is 67.1 Å². The lowest BCUT2D eigenvalue weighted by molar-refractivity contribution is 0.139. The molecule has 3 N–H and O–H groups in total. The molecule has 1 amide bonds. The smallest absolute Gasteiger partial charge is 0.407 e. The van der Waals surface area contributed by atoms with Crippen molar-refractivity contribution in [1.29, 1.82) is 0 Å². The molecule has 3 aliphatic rings. The van der Waals surface area contributed by atoms with E-state index in [1.807, 2.05) is 48.3 Å². The van der Waals surface area contributed by atoms with E-state index in [2.05, 4.69) is 65.0 Å². The van der Waals surface area contributed by atoms with Crippen molar-refractivity contribution in [3.63, 3.8) is 0 Å². The first-order valence-electron chi connectivity index (χ1n) is 14.3. The number of halogens is 1. The Bertz CT molecular complexity index is 1410. The van der Waals surface area contributed by atoms with E-state index < -0.39 is 6.09 Å². The van der Waals surface area contributed by atoms with Crippen LogP contribution in [-0.2, 0) is 24.6 Å². The molecule has 1 aliphatic carbocycles. The Balaban J connectivity index is 0.000000194. The summed E-state index contributed by atoms with van der Waals surface area (Å²) in [5.41, 5.74) is 7.17. The molecular formula is C33H40ClN5O3. The van der Waals surface area contributed by atoms with E-state index in [-0.39, 0.29) is 12.1 Å². The van der Waals surface area contributed by atoms with Crippen molar-refractivity contribution >= 4 is 23.3 Å². The Hall–Kier alpha value is -3.85. The van der Waals surface area contributed by atoms with Crippen LogP contribution in [-0.4, -0.2) is 65.0 Å². The summed E-state index contributed by atoms with van der Waals surface area (Å²) in [5.74, 6) is 0. The molecule has 3 heterocycles. The van der Waals surface area contributed by atoms with Crippen molar-refractivity contribution in [2.45, 2.75) is 31.9 Å². The maximum Gasteiger partial charge on any atom is 0.407 e. The monoisotopic (exact) mass is 589 g/mol. The van der Waals surface area contributed by atoms with Crippen molar-refractivity contribution < 1.29 is 14.6 Å². The molecule has 1 aromatic heterocycles. The highest BCUT2D eigenvalue weighted by Crippen LogP contribution is 2.39. The fraction of sp³-hybridized carbons (Fsp3) is 0.333. The molecule has 3 aromatic rings. The van der Waals surface area contributed by atoms with Gasteiger partial charge in [0.2, 0.25) is 0 Å². The Morgan fingerprint density at radius 3 is 2.55 bits per heavy atom. The number of aryl methyl sites for hydroxylation is 2. The number of carboxylic acid groups (broad SMARTS) is 1. The van der Waals surface area contributed by atoms with Gasteiger partial charge in [-0.15, -0.1) is 0 Å². The van der Waals surface area contributed by atoms with E-state index in [0.29, 0.717) is 13.1 Å². The molecule has 6 rings (SSSR count). The molecule has 1 saturated heterocycles. The molecular weight excluding hydrogens is 550 g/mol. The quantitative estimate of drug-likeness (QED) is 0.365. The number of aromatic nitrogens is 2. The fourth-order valence-corrected chi connectivity index (χ4v) is 5.33. The minimum Gasteiger partial charge on any atom is -0.465 e. The Kier molecular flexibility index (Phi) is 11.4. The lowest BCUT2D eigenvalue weighted by Crippen LogP contribution is -2.45. The average molecular weight is 590 g/mol. The number of dihydropyridines is 1. The number of amides is 1. The summed E-state index contributed by atoms with van der Waals surface area (Å²) in [4.78, 5) is 15.9. The Labute approximate surface area is 253 Å². The number of nitrogens with one attached hydrogen (secondary N) is 2. The zero-order valence-electron chi connectivity index (χ0n) is 24.5. The van der Waals surface area contributed by atoms with E-state index >= 15 is 0 Å². The summed E-state index contributed by atoms with van der Waals surface area (Å²) >= 11 is 6.32. The van der Waals surface area contributed by atoms with Gasteiger partial charge in [0, 0.05) is 45.4 Å². The van der Waals surface area contributed by atoms with Crippen molar-refractivity contribution in [3.8, 4) is 0 Å². The number of rotatable bonds is 4. The molecule has 0 bridgehead atoms. The van der Waals surface area contributed by atoms with Gasteiger partial charge in [-0.2, -0.15) is 0 Å². The Morgan fingerprint density at radius 1 is 1.19 bits per heavy atom. The normalized spacial score (nSPS) is 17.8. The van der Waals surface area contributed by atoms with Crippen molar-refractivity contribution in [3.05, 3.63) is 118 Å². The van der Waals surface area contributed by atoms with Gasteiger partial charge < -0.3 is 29.9 Å². The summed E-state index contributed by atoms with van der Waals surface area (Å²) in [5, 5.41) is 15.7. The predicted octanol–water partition coefficient (Wildman–Crippen LogP) is 5.63. The van der Waals surface area contributed by atoms with E-state index in [9.17, 15) is 4.79 Å². The summed E-state index contributed by atoms with van der Waals surface area (Å²) < 4.78 is 7.90. The minimum absolute atomic E-state index is 0.213. The molecule has 42 heavy (non-hydrogen) atoms. The van der Waals surface area contributed by atoms with Gasteiger partial charge in [0.05, 0.1) is 24.3 Å². The van der Waals surface area contributed by atoms with E-state index in [0.717, 1.165) is 47.8 Å². The maximum absolute atomic E-state index is 10.3. The van der Waals surface area contributed by atoms with Crippen LogP contribution in [0.15, 0.2) is 91.1 Å². The molecule has 0 radical (unpaired) electrons. The summed E-state index contributed by atoms with van der Waals surface area (Å²) in [6.45, 7) is 4.97. The zero-order chi connectivity index (χ0) is 29.9. The molecule has 222 valence electrons. The highest BCUT2D eigenvalue weighted by atomic mass is 35.5. The topological polar surface area (TPSA) is 91.6 Å². The highest BCUT2D eigenvalue weighted by Gasteiger charge is 2.28. The van der Waals surface area contributed by atoms with Crippen LogP contribution in [0.3, 0.4) is 0 Å². The van der Waals surface area contributed by atoms with Crippen molar-refractivity contribution in [1.82, 2.24) is 25.1 Å². The molecule has 2 aromatic carbocycles. The SMILES string of the molecule is CCc1ccccc1.COC(C1=CC2=CC=CNC2Cc2ccc(Cl)cc21)c1cncn1C.O=C(O)N1CCNCC1. The number of methoxy groups -OCH3 is 1. The molecule has 2 unspecified atom stereocenters. The van der Waals surface area contributed by atoms with Crippen molar-refractivity contribution in [2.75, 3.05) is 33.3 Å². The maximum atomic E-state index is 10.3. The number of carbonyl (C=O) groups is 1. The molecule has 2 aliphatic heterocycles. The first-order chi connectivity index (χ1) is 20.4. The summed E-state index contributed by atoms with van der Waals surface area (Å²) in [7, 11) is 3.72. The average Bonchev–Trinajstić information content (AvgIpc) is 3.38. The van der Waals surface area contributed by atoms with E-state index in [4.69, 9.17) is 21.4 Å².